The van der Waals surface area contributed by atoms with Gasteiger partial charge in [0, 0.05) is 12.8 Å². The van der Waals surface area contributed by atoms with E-state index in [4.69, 9.17) is 4.42 Å². The van der Waals surface area contributed by atoms with Crippen molar-refractivity contribution in [2.45, 2.75) is 31.7 Å². The number of hydrogen-bond donors (Lipinski definition) is 0. The zero-order valence-corrected chi connectivity index (χ0v) is 9.24. The second-order valence-corrected chi connectivity index (χ2v) is 4.20. The van der Waals surface area contributed by atoms with Crippen molar-refractivity contribution in [3.05, 3.63) is 18.4 Å². The van der Waals surface area contributed by atoms with Gasteiger partial charge < -0.3 is 4.42 Å². The lowest BCUT2D eigenvalue weighted by molar-refractivity contribution is -0.121. The maximum absolute atomic E-state index is 11.4. The van der Waals surface area contributed by atoms with E-state index in [1.54, 1.807) is 18.4 Å². The first-order valence-electron chi connectivity index (χ1n) is 5.68. The van der Waals surface area contributed by atoms with E-state index in [9.17, 15) is 4.79 Å². The van der Waals surface area contributed by atoms with Crippen LogP contribution in [0.15, 0.2) is 22.8 Å². The number of carbonyl (C=O) groups is 1. The summed E-state index contributed by atoms with van der Waals surface area (Å²) in [5.41, 5.74) is 0. The van der Waals surface area contributed by atoms with E-state index >= 15 is 0 Å². The van der Waals surface area contributed by atoms with Crippen LogP contribution in [0, 0.1) is 0 Å². The molecule has 0 spiro atoms. The van der Waals surface area contributed by atoms with Crippen LogP contribution < -0.4 is 0 Å². The van der Waals surface area contributed by atoms with Gasteiger partial charge in [-0.15, -0.1) is 10.2 Å². The molecule has 0 bridgehead atoms. The zero-order chi connectivity index (χ0) is 11.7. The molecule has 0 aromatic carbocycles. The highest BCUT2D eigenvalue weighted by Crippen LogP contribution is 2.25. The van der Waals surface area contributed by atoms with E-state index in [2.05, 4.69) is 15.4 Å². The molecule has 1 saturated carbocycles. The average molecular weight is 232 g/mol. The molecule has 1 unspecified atom stereocenters. The number of rotatable bonds is 2. The average Bonchev–Trinajstić information content (AvgIpc) is 3.00. The Hall–Kier alpha value is -1.98. The molecular weight excluding hydrogens is 220 g/mol. The molecule has 0 aliphatic heterocycles. The standard InChI is InChI=1S/C11H12N4O2/c16-9-4-1-3-8(7-9)15-13-11(12-14-15)10-5-2-6-17-10/h2,5-6,8H,1,3-4,7H2. The van der Waals surface area contributed by atoms with E-state index in [0.717, 1.165) is 12.8 Å². The Kier molecular flexibility index (Phi) is 2.47. The van der Waals surface area contributed by atoms with Gasteiger partial charge in [0.15, 0.2) is 5.76 Å². The molecule has 6 nitrogen and oxygen atoms in total. The minimum absolute atomic E-state index is 0.0486. The summed E-state index contributed by atoms with van der Waals surface area (Å²) < 4.78 is 5.20. The zero-order valence-electron chi connectivity index (χ0n) is 9.24. The molecular formula is C11H12N4O2. The van der Waals surface area contributed by atoms with E-state index < -0.39 is 0 Å². The molecule has 0 amide bonds. The van der Waals surface area contributed by atoms with E-state index in [0.29, 0.717) is 24.4 Å². The molecule has 1 aliphatic rings. The SMILES string of the molecule is O=C1CCCC(n2nnc(-c3ccco3)n2)C1. The van der Waals surface area contributed by atoms with Gasteiger partial charge in [-0.05, 0) is 30.2 Å². The van der Waals surface area contributed by atoms with Gasteiger partial charge >= 0.3 is 0 Å². The predicted octanol–water partition coefficient (Wildman–Crippen LogP) is 1.62. The van der Waals surface area contributed by atoms with Crippen molar-refractivity contribution in [2.75, 3.05) is 0 Å². The van der Waals surface area contributed by atoms with Crippen LogP contribution in [-0.2, 0) is 4.79 Å². The third kappa shape index (κ3) is 1.98. The van der Waals surface area contributed by atoms with Crippen LogP contribution in [0.5, 0.6) is 0 Å². The summed E-state index contributed by atoms with van der Waals surface area (Å²) in [7, 11) is 0. The van der Waals surface area contributed by atoms with Crippen LogP contribution in [0.3, 0.4) is 0 Å². The number of nitrogens with zero attached hydrogens (tertiary/aromatic N) is 4. The van der Waals surface area contributed by atoms with Gasteiger partial charge in [0.1, 0.15) is 5.78 Å². The molecule has 1 fully saturated rings. The van der Waals surface area contributed by atoms with Crippen molar-refractivity contribution >= 4 is 5.78 Å². The minimum Gasteiger partial charge on any atom is -0.461 e. The minimum atomic E-state index is 0.0486. The normalized spacial score (nSPS) is 20.7. The number of tetrazole rings is 1. The molecule has 17 heavy (non-hydrogen) atoms. The Morgan fingerprint density at radius 3 is 3.18 bits per heavy atom. The quantitative estimate of drug-likeness (QED) is 0.786. The number of aromatic nitrogens is 4. The monoisotopic (exact) mass is 232 g/mol. The Morgan fingerprint density at radius 2 is 2.41 bits per heavy atom. The molecule has 6 heteroatoms. The van der Waals surface area contributed by atoms with Gasteiger partial charge in [0.05, 0.1) is 12.3 Å². The fourth-order valence-corrected chi connectivity index (χ4v) is 2.08. The van der Waals surface area contributed by atoms with E-state index in [1.165, 1.54) is 4.80 Å². The van der Waals surface area contributed by atoms with Crippen molar-refractivity contribution in [1.29, 1.82) is 0 Å². The largest absolute Gasteiger partial charge is 0.461 e. The number of furan rings is 1. The lowest BCUT2D eigenvalue weighted by Gasteiger charge is -2.18. The highest BCUT2D eigenvalue weighted by molar-refractivity contribution is 5.79. The Morgan fingerprint density at radius 1 is 1.47 bits per heavy atom. The molecule has 0 radical (unpaired) electrons. The molecule has 88 valence electrons. The lowest BCUT2D eigenvalue weighted by Crippen LogP contribution is -2.21. The number of carbonyl (C=O) groups excluding carboxylic acids is 1. The second kappa shape index (κ2) is 4.12. The topological polar surface area (TPSA) is 73.8 Å². The smallest absolute Gasteiger partial charge is 0.240 e. The van der Waals surface area contributed by atoms with E-state index in [1.807, 2.05) is 0 Å². The van der Waals surface area contributed by atoms with Crippen molar-refractivity contribution in [3.8, 4) is 11.6 Å². The van der Waals surface area contributed by atoms with Crippen LogP contribution >= 0.6 is 0 Å². The van der Waals surface area contributed by atoms with Gasteiger partial charge in [0.25, 0.3) is 0 Å². The van der Waals surface area contributed by atoms with Crippen molar-refractivity contribution < 1.29 is 9.21 Å². The maximum Gasteiger partial charge on any atom is 0.240 e. The lowest BCUT2D eigenvalue weighted by atomic mass is 9.95. The van der Waals surface area contributed by atoms with Gasteiger partial charge in [-0.2, -0.15) is 4.80 Å². The van der Waals surface area contributed by atoms with Gasteiger partial charge in [0.2, 0.25) is 5.82 Å². The van der Waals surface area contributed by atoms with Crippen molar-refractivity contribution in [1.82, 2.24) is 20.2 Å². The Labute approximate surface area is 97.6 Å². The first kappa shape index (κ1) is 10.2. The van der Waals surface area contributed by atoms with E-state index in [-0.39, 0.29) is 11.8 Å². The molecule has 3 rings (SSSR count). The predicted molar refractivity (Wildman–Crippen MR) is 58.0 cm³/mol. The third-order valence-corrected chi connectivity index (χ3v) is 2.95. The maximum atomic E-state index is 11.4. The fourth-order valence-electron chi connectivity index (χ4n) is 2.08. The summed E-state index contributed by atoms with van der Waals surface area (Å²) in [4.78, 5) is 12.9. The molecule has 2 aromatic rings. The Bertz CT molecular complexity index is 517. The first-order valence-corrected chi connectivity index (χ1v) is 5.68. The Balaban J connectivity index is 1.82. The van der Waals surface area contributed by atoms with Crippen molar-refractivity contribution in [2.24, 2.45) is 0 Å². The van der Waals surface area contributed by atoms with Crippen LogP contribution in [0.2, 0.25) is 0 Å². The molecule has 0 N–H and O–H groups in total. The highest BCUT2D eigenvalue weighted by Gasteiger charge is 2.23. The molecule has 1 aliphatic carbocycles. The summed E-state index contributed by atoms with van der Waals surface area (Å²) in [5.74, 6) is 1.34. The van der Waals surface area contributed by atoms with Crippen LogP contribution in [0.4, 0.5) is 0 Å². The molecule has 0 saturated heterocycles. The van der Waals surface area contributed by atoms with Gasteiger partial charge in [-0.3, -0.25) is 4.79 Å². The van der Waals surface area contributed by atoms with Crippen LogP contribution in [0.25, 0.3) is 11.6 Å². The second-order valence-electron chi connectivity index (χ2n) is 4.20. The summed E-state index contributed by atoms with van der Waals surface area (Å²) in [6.45, 7) is 0. The summed E-state index contributed by atoms with van der Waals surface area (Å²) in [6, 6.07) is 3.61. The molecule has 1 atom stereocenters. The first-order chi connectivity index (χ1) is 8.33. The number of Topliss-reactive ketones (excluding diaryl/α,β-unsaturated/α-hetero) is 1. The van der Waals surface area contributed by atoms with Crippen molar-refractivity contribution in [3.63, 3.8) is 0 Å². The van der Waals surface area contributed by atoms with Gasteiger partial charge in [-0.25, -0.2) is 0 Å². The fraction of sp³-hybridized carbons (Fsp3) is 0.455. The summed E-state index contributed by atoms with van der Waals surface area (Å²) >= 11 is 0. The molecule has 2 aromatic heterocycles. The highest BCUT2D eigenvalue weighted by atomic mass is 16.3. The van der Waals surface area contributed by atoms with Crippen LogP contribution in [-0.4, -0.2) is 26.0 Å². The van der Waals surface area contributed by atoms with Crippen LogP contribution in [0.1, 0.15) is 31.7 Å². The number of hydrogen-bond acceptors (Lipinski definition) is 5. The summed E-state index contributed by atoms with van der Waals surface area (Å²) in [5, 5.41) is 12.2. The summed E-state index contributed by atoms with van der Waals surface area (Å²) in [6.07, 6.45) is 4.59. The number of ketones is 1. The third-order valence-electron chi connectivity index (χ3n) is 2.95. The molecule has 2 heterocycles. The van der Waals surface area contributed by atoms with Gasteiger partial charge in [-0.1, -0.05) is 0 Å².